The SMILES string of the molecule is Oc1cc(Cn2c(C(F)(F)F)nc3ccc(OCc4ccccc4)cc32)c(Cl)cc1Cl. The third-order valence-corrected chi connectivity index (χ3v) is 5.32. The van der Waals surface area contributed by atoms with Gasteiger partial charge in [-0.05, 0) is 35.4 Å². The van der Waals surface area contributed by atoms with Gasteiger partial charge in [-0.3, -0.25) is 0 Å². The first-order chi connectivity index (χ1) is 14.7. The summed E-state index contributed by atoms with van der Waals surface area (Å²) in [7, 11) is 0. The molecule has 160 valence electrons. The lowest BCUT2D eigenvalue weighted by molar-refractivity contribution is -0.146. The molecule has 0 radical (unpaired) electrons. The fourth-order valence-electron chi connectivity index (χ4n) is 3.18. The van der Waals surface area contributed by atoms with E-state index >= 15 is 0 Å². The van der Waals surface area contributed by atoms with E-state index in [0.29, 0.717) is 5.75 Å². The number of aromatic hydroxyl groups is 1. The molecule has 1 heterocycles. The van der Waals surface area contributed by atoms with Crippen molar-refractivity contribution in [3.05, 3.63) is 87.7 Å². The molecule has 0 bridgehead atoms. The number of imidazole rings is 1. The Morgan fingerprint density at radius 2 is 1.71 bits per heavy atom. The Balaban J connectivity index is 1.75. The summed E-state index contributed by atoms with van der Waals surface area (Å²) in [6, 6.07) is 16.5. The van der Waals surface area contributed by atoms with Crippen molar-refractivity contribution < 1.29 is 23.0 Å². The Hall–Kier alpha value is -2.90. The molecule has 0 unspecified atom stereocenters. The molecule has 0 amide bonds. The lowest BCUT2D eigenvalue weighted by Crippen LogP contribution is -2.15. The molecule has 0 spiro atoms. The zero-order valence-electron chi connectivity index (χ0n) is 15.8. The van der Waals surface area contributed by atoms with E-state index in [-0.39, 0.29) is 45.5 Å². The van der Waals surface area contributed by atoms with Gasteiger partial charge in [0.15, 0.2) is 0 Å². The highest BCUT2D eigenvalue weighted by atomic mass is 35.5. The second kappa shape index (κ2) is 8.32. The average Bonchev–Trinajstić information content (AvgIpc) is 3.09. The fourth-order valence-corrected chi connectivity index (χ4v) is 3.62. The molecule has 1 aromatic heterocycles. The van der Waals surface area contributed by atoms with Crippen LogP contribution in [0.3, 0.4) is 0 Å². The highest BCUT2D eigenvalue weighted by Gasteiger charge is 2.37. The quantitative estimate of drug-likeness (QED) is 0.356. The molecule has 4 aromatic rings. The van der Waals surface area contributed by atoms with Gasteiger partial charge in [0, 0.05) is 11.1 Å². The van der Waals surface area contributed by atoms with Gasteiger partial charge in [-0.1, -0.05) is 53.5 Å². The van der Waals surface area contributed by atoms with Gasteiger partial charge < -0.3 is 14.4 Å². The van der Waals surface area contributed by atoms with Gasteiger partial charge in [0.1, 0.15) is 18.1 Å². The molecule has 0 aliphatic carbocycles. The van der Waals surface area contributed by atoms with Crippen LogP contribution in [-0.2, 0) is 19.3 Å². The van der Waals surface area contributed by atoms with Crippen LogP contribution < -0.4 is 4.74 Å². The highest BCUT2D eigenvalue weighted by Crippen LogP contribution is 2.36. The Kier molecular flexibility index (Phi) is 5.73. The van der Waals surface area contributed by atoms with E-state index < -0.39 is 12.0 Å². The Morgan fingerprint density at radius 3 is 2.42 bits per heavy atom. The van der Waals surface area contributed by atoms with E-state index in [1.54, 1.807) is 6.07 Å². The minimum Gasteiger partial charge on any atom is -0.506 e. The number of rotatable bonds is 5. The predicted molar refractivity (Wildman–Crippen MR) is 113 cm³/mol. The smallest absolute Gasteiger partial charge is 0.449 e. The number of phenols is 1. The van der Waals surface area contributed by atoms with Crippen LogP contribution in [0.25, 0.3) is 11.0 Å². The summed E-state index contributed by atoms with van der Waals surface area (Å²) in [5, 5.41) is 10.0. The maximum Gasteiger partial charge on any atom is 0.449 e. The molecule has 0 saturated heterocycles. The molecule has 0 saturated carbocycles. The van der Waals surface area contributed by atoms with E-state index in [9.17, 15) is 18.3 Å². The van der Waals surface area contributed by atoms with E-state index in [2.05, 4.69) is 4.98 Å². The molecule has 0 atom stereocenters. The van der Waals surface area contributed by atoms with E-state index in [1.165, 1.54) is 24.3 Å². The summed E-state index contributed by atoms with van der Waals surface area (Å²) in [6.45, 7) is 0.000537. The summed E-state index contributed by atoms with van der Waals surface area (Å²) < 4.78 is 47.8. The van der Waals surface area contributed by atoms with Crippen LogP contribution in [0.15, 0.2) is 60.7 Å². The maximum atomic E-state index is 13.7. The number of halogens is 5. The number of alkyl halides is 3. The van der Waals surface area contributed by atoms with Gasteiger partial charge in [-0.15, -0.1) is 0 Å². The first kappa shape index (κ1) is 21.3. The first-order valence-corrected chi connectivity index (χ1v) is 9.89. The Bertz CT molecular complexity index is 1240. The number of benzene rings is 3. The zero-order valence-corrected chi connectivity index (χ0v) is 17.3. The summed E-state index contributed by atoms with van der Waals surface area (Å²) in [6.07, 6.45) is -4.69. The second-order valence-electron chi connectivity index (χ2n) is 6.84. The standard InChI is InChI=1S/C22H15Cl2F3N2O2/c23-16-10-17(24)20(30)8-14(16)11-29-19-9-15(31-12-13-4-2-1-3-5-13)6-7-18(19)28-21(29)22(25,26)27/h1-10,30H,11-12H2. The number of hydrogen-bond donors (Lipinski definition) is 1. The molecule has 1 N–H and O–H groups in total. The molecule has 9 heteroatoms. The summed E-state index contributed by atoms with van der Waals surface area (Å²) in [5.74, 6) is -0.949. The van der Waals surface area contributed by atoms with Crippen molar-refractivity contribution in [1.82, 2.24) is 9.55 Å². The number of hydrogen-bond acceptors (Lipinski definition) is 3. The molecular formula is C22H15Cl2F3N2O2. The fraction of sp³-hybridized carbons (Fsp3) is 0.136. The lowest BCUT2D eigenvalue weighted by atomic mass is 10.2. The van der Waals surface area contributed by atoms with E-state index in [1.807, 2.05) is 30.3 Å². The van der Waals surface area contributed by atoms with Crippen LogP contribution in [0.2, 0.25) is 10.0 Å². The van der Waals surface area contributed by atoms with Crippen LogP contribution in [0, 0.1) is 0 Å². The Labute approximate surface area is 185 Å². The van der Waals surface area contributed by atoms with Gasteiger partial charge in [-0.2, -0.15) is 13.2 Å². The number of ether oxygens (including phenoxy) is 1. The lowest BCUT2D eigenvalue weighted by Gasteiger charge is -2.14. The normalized spacial score (nSPS) is 11.8. The zero-order chi connectivity index (χ0) is 22.2. The molecule has 4 rings (SSSR count). The van der Waals surface area contributed by atoms with Crippen molar-refractivity contribution in [2.75, 3.05) is 0 Å². The minimum atomic E-state index is -4.69. The first-order valence-electron chi connectivity index (χ1n) is 9.13. The molecule has 0 fully saturated rings. The Morgan fingerprint density at radius 1 is 0.968 bits per heavy atom. The number of fused-ring (bicyclic) bond motifs is 1. The van der Waals surface area contributed by atoms with Crippen molar-refractivity contribution >= 4 is 34.2 Å². The maximum absolute atomic E-state index is 13.7. The third-order valence-electron chi connectivity index (χ3n) is 4.67. The monoisotopic (exact) mass is 466 g/mol. The summed E-state index contributed by atoms with van der Waals surface area (Å²) in [5.41, 5.74) is 1.58. The van der Waals surface area contributed by atoms with Crippen molar-refractivity contribution in [3.8, 4) is 11.5 Å². The molecule has 0 aliphatic rings. The molecular weight excluding hydrogens is 452 g/mol. The molecule has 0 aliphatic heterocycles. The minimum absolute atomic E-state index is 0.0110. The summed E-state index contributed by atoms with van der Waals surface area (Å²) >= 11 is 12.0. The van der Waals surface area contributed by atoms with E-state index in [0.717, 1.165) is 10.1 Å². The number of nitrogens with zero attached hydrogens (tertiary/aromatic N) is 2. The van der Waals surface area contributed by atoms with Crippen LogP contribution in [-0.4, -0.2) is 14.7 Å². The van der Waals surface area contributed by atoms with Crippen LogP contribution in [0.4, 0.5) is 13.2 Å². The third kappa shape index (κ3) is 4.57. The largest absolute Gasteiger partial charge is 0.506 e. The highest BCUT2D eigenvalue weighted by molar-refractivity contribution is 6.35. The van der Waals surface area contributed by atoms with Gasteiger partial charge in [-0.25, -0.2) is 4.98 Å². The van der Waals surface area contributed by atoms with Gasteiger partial charge in [0.2, 0.25) is 5.82 Å². The van der Waals surface area contributed by atoms with Crippen molar-refractivity contribution in [2.45, 2.75) is 19.3 Å². The number of aromatic nitrogens is 2. The van der Waals surface area contributed by atoms with Crippen molar-refractivity contribution in [2.24, 2.45) is 0 Å². The van der Waals surface area contributed by atoms with Gasteiger partial charge >= 0.3 is 6.18 Å². The summed E-state index contributed by atoms with van der Waals surface area (Å²) in [4.78, 5) is 3.76. The van der Waals surface area contributed by atoms with Crippen LogP contribution in [0.5, 0.6) is 11.5 Å². The predicted octanol–water partition coefficient (Wildman–Crippen LogP) is 6.69. The second-order valence-corrected chi connectivity index (χ2v) is 7.65. The van der Waals surface area contributed by atoms with Gasteiger partial charge in [0.05, 0.1) is 22.6 Å². The average molecular weight is 467 g/mol. The van der Waals surface area contributed by atoms with Crippen LogP contribution in [0.1, 0.15) is 17.0 Å². The molecule has 31 heavy (non-hydrogen) atoms. The number of phenolic OH excluding ortho intramolecular Hbond substituents is 1. The van der Waals surface area contributed by atoms with Crippen molar-refractivity contribution in [3.63, 3.8) is 0 Å². The van der Waals surface area contributed by atoms with E-state index in [4.69, 9.17) is 27.9 Å². The molecule has 3 aromatic carbocycles. The van der Waals surface area contributed by atoms with Gasteiger partial charge in [0.25, 0.3) is 0 Å². The van der Waals surface area contributed by atoms with Crippen molar-refractivity contribution in [1.29, 1.82) is 0 Å². The van der Waals surface area contributed by atoms with Crippen LogP contribution >= 0.6 is 23.2 Å². The topological polar surface area (TPSA) is 47.3 Å². The molecule has 4 nitrogen and oxygen atoms in total.